The summed E-state index contributed by atoms with van der Waals surface area (Å²) in [6, 6.07) is 12.7. The number of hydrogen-bond donors (Lipinski definition) is 0. The monoisotopic (exact) mass is 270 g/mol. The Kier molecular flexibility index (Phi) is 3.17. The minimum atomic E-state index is -4.71. The van der Waals surface area contributed by atoms with Crippen molar-refractivity contribution in [2.75, 3.05) is 0 Å². The zero-order valence-corrected chi connectivity index (χ0v) is 10.2. The van der Waals surface area contributed by atoms with Gasteiger partial charge in [0.25, 0.3) is 0 Å². The maximum atomic E-state index is 12.9. The summed E-state index contributed by atoms with van der Waals surface area (Å²) < 4.78 is 34.5. The van der Waals surface area contributed by atoms with Crippen molar-refractivity contribution in [3.05, 3.63) is 53.6 Å². The summed E-state index contributed by atoms with van der Waals surface area (Å²) in [6.45, 7) is 0. The molecule has 0 aromatic heterocycles. The second kappa shape index (κ2) is 4.47. The van der Waals surface area contributed by atoms with Gasteiger partial charge in [-0.1, -0.05) is 41.9 Å². The van der Waals surface area contributed by atoms with Crippen molar-refractivity contribution < 1.29 is 12.3 Å². The molecule has 0 heterocycles. The molecule has 0 N–H and O–H groups in total. The fourth-order valence-corrected chi connectivity index (χ4v) is 2.21. The van der Waals surface area contributed by atoms with Gasteiger partial charge in [0.1, 0.15) is 0 Å². The zero-order valence-electron chi connectivity index (χ0n) is 8.60. The van der Waals surface area contributed by atoms with Gasteiger partial charge < -0.3 is 0 Å². The third kappa shape index (κ3) is 2.65. The quantitative estimate of drug-likeness (QED) is 0.781. The van der Waals surface area contributed by atoms with Crippen LogP contribution in [-0.4, -0.2) is 8.42 Å². The standard InChI is InChI=1S/C12H8ClFO2S/c13-12-7-6-10(17(14,15)16)8-11(12)9-4-2-1-3-5-9/h1-8H. The molecule has 0 aliphatic rings. The third-order valence-electron chi connectivity index (χ3n) is 2.30. The molecule has 2 aromatic carbocycles. The van der Waals surface area contributed by atoms with Crippen LogP contribution in [-0.2, 0) is 10.2 Å². The number of rotatable bonds is 2. The summed E-state index contributed by atoms with van der Waals surface area (Å²) in [5, 5.41) is 0.378. The first-order chi connectivity index (χ1) is 7.98. The van der Waals surface area contributed by atoms with E-state index < -0.39 is 10.2 Å². The predicted octanol–water partition coefficient (Wildman–Crippen LogP) is 3.67. The molecule has 5 heteroatoms. The maximum Gasteiger partial charge on any atom is 0.332 e. The lowest BCUT2D eigenvalue weighted by molar-refractivity contribution is 0.552. The molecule has 0 saturated heterocycles. The Bertz CT molecular complexity index is 639. The maximum absolute atomic E-state index is 12.9. The summed E-state index contributed by atoms with van der Waals surface area (Å²) >= 11 is 5.96. The minimum Gasteiger partial charge on any atom is -0.189 e. The van der Waals surface area contributed by atoms with Gasteiger partial charge in [0.05, 0.1) is 4.90 Å². The molecule has 17 heavy (non-hydrogen) atoms. The Morgan fingerprint density at radius 2 is 1.65 bits per heavy atom. The van der Waals surface area contributed by atoms with Crippen LogP contribution >= 0.6 is 11.6 Å². The van der Waals surface area contributed by atoms with E-state index in [0.29, 0.717) is 10.6 Å². The molecule has 2 aromatic rings. The Morgan fingerprint density at radius 3 is 2.24 bits per heavy atom. The topological polar surface area (TPSA) is 34.1 Å². The van der Waals surface area contributed by atoms with Gasteiger partial charge in [-0.25, -0.2) is 0 Å². The van der Waals surface area contributed by atoms with E-state index in [4.69, 9.17) is 11.6 Å². The van der Waals surface area contributed by atoms with Crippen LogP contribution in [0.4, 0.5) is 3.89 Å². The van der Waals surface area contributed by atoms with E-state index in [1.807, 2.05) is 6.07 Å². The first-order valence-electron chi connectivity index (χ1n) is 4.78. The minimum absolute atomic E-state index is 0.378. The Morgan fingerprint density at radius 1 is 1.00 bits per heavy atom. The molecule has 88 valence electrons. The molecule has 0 saturated carbocycles. The van der Waals surface area contributed by atoms with Gasteiger partial charge in [0.15, 0.2) is 0 Å². The average molecular weight is 271 g/mol. The molecule has 0 fully saturated rings. The average Bonchev–Trinajstić information content (AvgIpc) is 2.29. The highest BCUT2D eigenvalue weighted by molar-refractivity contribution is 7.86. The fourth-order valence-electron chi connectivity index (χ4n) is 1.49. The van der Waals surface area contributed by atoms with Gasteiger partial charge in [-0.3, -0.25) is 0 Å². The molecule has 2 rings (SSSR count). The van der Waals surface area contributed by atoms with E-state index >= 15 is 0 Å². The van der Waals surface area contributed by atoms with Crippen LogP contribution in [0.15, 0.2) is 53.4 Å². The second-order valence-electron chi connectivity index (χ2n) is 3.45. The van der Waals surface area contributed by atoms with Crippen molar-refractivity contribution in [3.8, 4) is 11.1 Å². The molecule has 0 spiro atoms. The van der Waals surface area contributed by atoms with E-state index in [0.717, 1.165) is 11.6 Å². The van der Waals surface area contributed by atoms with Crippen LogP contribution in [0.1, 0.15) is 0 Å². The van der Waals surface area contributed by atoms with Crippen LogP contribution in [0.3, 0.4) is 0 Å². The highest BCUT2D eigenvalue weighted by Gasteiger charge is 2.14. The van der Waals surface area contributed by atoms with Gasteiger partial charge in [-0.2, -0.15) is 8.42 Å². The summed E-state index contributed by atoms with van der Waals surface area (Å²) in [5.41, 5.74) is 1.23. The third-order valence-corrected chi connectivity index (χ3v) is 3.45. The van der Waals surface area contributed by atoms with Crippen molar-refractivity contribution in [3.63, 3.8) is 0 Å². The van der Waals surface area contributed by atoms with Crippen LogP contribution < -0.4 is 0 Å². The Hall–Kier alpha value is -1.39. The van der Waals surface area contributed by atoms with Crippen LogP contribution in [0.2, 0.25) is 5.02 Å². The number of hydrogen-bond acceptors (Lipinski definition) is 2. The van der Waals surface area contributed by atoms with Crippen LogP contribution in [0.25, 0.3) is 11.1 Å². The highest BCUT2D eigenvalue weighted by atomic mass is 35.5. The lowest BCUT2D eigenvalue weighted by Crippen LogP contribution is -1.92. The SMILES string of the molecule is O=S(=O)(F)c1ccc(Cl)c(-c2ccccc2)c1. The fraction of sp³-hybridized carbons (Fsp3) is 0. The molecule has 0 unspecified atom stereocenters. The lowest BCUT2D eigenvalue weighted by atomic mass is 10.1. The van der Waals surface area contributed by atoms with E-state index in [1.165, 1.54) is 12.1 Å². The Balaban J connectivity index is 2.63. The van der Waals surface area contributed by atoms with Crippen molar-refractivity contribution in [2.45, 2.75) is 4.90 Å². The van der Waals surface area contributed by atoms with Gasteiger partial charge in [0.2, 0.25) is 0 Å². The molecular formula is C12H8ClFO2S. The zero-order chi connectivity index (χ0) is 12.5. The highest BCUT2D eigenvalue weighted by Crippen LogP contribution is 2.30. The largest absolute Gasteiger partial charge is 0.332 e. The van der Waals surface area contributed by atoms with Crippen LogP contribution in [0, 0.1) is 0 Å². The van der Waals surface area contributed by atoms with Crippen molar-refractivity contribution >= 4 is 21.8 Å². The smallest absolute Gasteiger partial charge is 0.189 e. The summed E-state index contributed by atoms with van der Waals surface area (Å²) in [4.78, 5) is -0.388. The van der Waals surface area contributed by atoms with Gasteiger partial charge in [-0.05, 0) is 23.8 Å². The van der Waals surface area contributed by atoms with Crippen molar-refractivity contribution in [1.29, 1.82) is 0 Å². The van der Waals surface area contributed by atoms with Crippen molar-refractivity contribution in [2.24, 2.45) is 0 Å². The first-order valence-corrected chi connectivity index (χ1v) is 6.54. The normalized spacial score (nSPS) is 11.4. The molecule has 0 bridgehead atoms. The van der Waals surface area contributed by atoms with E-state index in [-0.39, 0.29) is 4.90 Å². The molecule has 0 aliphatic heterocycles. The van der Waals surface area contributed by atoms with Gasteiger partial charge in [0, 0.05) is 10.6 Å². The van der Waals surface area contributed by atoms with E-state index in [9.17, 15) is 12.3 Å². The predicted molar refractivity (Wildman–Crippen MR) is 65.2 cm³/mol. The Labute approximate surface area is 104 Å². The van der Waals surface area contributed by atoms with Crippen LogP contribution in [0.5, 0.6) is 0 Å². The molecule has 0 atom stereocenters. The molecule has 0 amide bonds. The summed E-state index contributed by atoms with van der Waals surface area (Å²) in [5.74, 6) is 0. The summed E-state index contributed by atoms with van der Waals surface area (Å²) in [6.07, 6.45) is 0. The van der Waals surface area contributed by atoms with Gasteiger partial charge >= 0.3 is 10.2 Å². The van der Waals surface area contributed by atoms with E-state index in [1.54, 1.807) is 24.3 Å². The number of benzene rings is 2. The molecule has 0 radical (unpaired) electrons. The second-order valence-corrected chi connectivity index (χ2v) is 5.20. The molecule has 0 aliphatic carbocycles. The van der Waals surface area contributed by atoms with Gasteiger partial charge in [-0.15, -0.1) is 3.89 Å². The lowest BCUT2D eigenvalue weighted by Gasteiger charge is -2.05. The van der Waals surface area contributed by atoms with E-state index in [2.05, 4.69) is 0 Å². The first kappa shape index (κ1) is 12.1. The van der Waals surface area contributed by atoms with Crippen molar-refractivity contribution in [1.82, 2.24) is 0 Å². The molecule has 2 nitrogen and oxygen atoms in total. The molecular weight excluding hydrogens is 263 g/mol. The summed E-state index contributed by atoms with van der Waals surface area (Å²) in [7, 11) is -4.71. The number of halogens is 2.